The zero-order valence-corrected chi connectivity index (χ0v) is 22.9. The lowest BCUT2D eigenvalue weighted by atomic mass is 9.84. The Morgan fingerprint density at radius 1 is 0.372 bits per heavy atom. The fourth-order valence-electron chi connectivity index (χ4n) is 7.10. The summed E-state index contributed by atoms with van der Waals surface area (Å²) in [6.45, 7) is 0. The number of para-hydroxylation sites is 1. The van der Waals surface area contributed by atoms with Crippen LogP contribution in [0.5, 0.6) is 0 Å². The minimum absolute atomic E-state index is 0.829. The van der Waals surface area contributed by atoms with E-state index < -0.39 is 0 Å². The Labute approximate surface area is 245 Å². The fraction of sp³-hybridized carbons (Fsp3) is 0. The summed E-state index contributed by atoms with van der Waals surface area (Å²) in [5, 5.41) is 10.4. The van der Waals surface area contributed by atoms with Crippen molar-refractivity contribution in [3.8, 4) is 22.3 Å². The lowest BCUT2D eigenvalue weighted by Gasteiger charge is -2.18. The Hall–Kier alpha value is -5.80. The van der Waals surface area contributed by atoms with E-state index in [1.54, 1.807) is 6.26 Å². The van der Waals surface area contributed by atoms with Gasteiger partial charge in [0.15, 0.2) is 0 Å². The quantitative estimate of drug-likeness (QED) is 0.201. The van der Waals surface area contributed by atoms with Crippen LogP contribution in [0.15, 0.2) is 147 Å². The third-order valence-corrected chi connectivity index (χ3v) is 8.94. The molecule has 3 aromatic heterocycles. The molecule has 0 radical (unpaired) electrons. The van der Waals surface area contributed by atoms with Gasteiger partial charge in [-0.2, -0.15) is 0 Å². The van der Waals surface area contributed by atoms with Gasteiger partial charge in [0.1, 0.15) is 27.9 Å². The van der Waals surface area contributed by atoms with Crippen LogP contribution in [0.25, 0.3) is 98.6 Å². The van der Waals surface area contributed by atoms with E-state index in [-0.39, 0.29) is 0 Å². The Morgan fingerprint density at radius 3 is 1.81 bits per heavy atom. The van der Waals surface area contributed by atoms with Gasteiger partial charge in [-0.3, -0.25) is 0 Å². The van der Waals surface area contributed by atoms with Crippen molar-refractivity contribution in [1.29, 1.82) is 0 Å². The third-order valence-electron chi connectivity index (χ3n) is 8.94. The Bertz CT molecular complexity index is 2680. The number of hydrogen-bond acceptors (Lipinski definition) is 3. The highest BCUT2D eigenvalue weighted by atomic mass is 16.3. The van der Waals surface area contributed by atoms with E-state index in [4.69, 9.17) is 13.3 Å². The Morgan fingerprint density at radius 2 is 1.02 bits per heavy atom. The maximum Gasteiger partial charge on any atom is 0.139 e. The van der Waals surface area contributed by atoms with Crippen LogP contribution in [0.1, 0.15) is 0 Å². The van der Waals surface area contributed by atoms with E-state index >= 15 is 0 Å². The summed E-state index contributed by atoms with van der Waals surface area (Å²) in [5.41, 5.74) is 9.12. The Balaban J connectivity index is 1.34. The molecule has 0 bridgehead atoms. The largest absolute Gasteiger partial charge is 0.464 e. The van der Waals surface area contributed by atoms with Crippen LogP contribution in [-0.2, 0) is 0 Å². The summed E-state index contributed by atoms with van der Waals surface area (Å²) in [6.07, 6.45) is 1.73. The van der Waals surface area contributed by atoms with Crippen LogP contribution >= 0.6 is 0 Å². The highest BCUT2D eigenvalue weighted by Crippen LogP contribution is 2.47. The zero-order valence-electron chi connectivity index (χ0n) is 22.9. The number of fused-ring (bicyclic) bond motifs is 9. The lowest BCUT2D eigenvalue weighted by Crippen LogP contribution is -1.91. The van der Waals surface area contributed by atoms with Crippen LogP contribution in [-0.4, -0.2) is 0 Å². The lowest BCUT2D eigenvalue weighted by molar-refractivity contribution is 0.613. The van der Waals surface area contributed by atoms with Gasteiger partial charge in [-0.1, -0.05) is 84.9 Å². The topological polar surface area (TPSA) is 39.4 Å². The number of furan rings is 3. The molecule has 3 heteroatoms. The van der Waals surface area contributed by atoms with Crippen molar-refractivity contribution in [3.63, 3.8) is 0 Å². The van der Waals surface area contributed by atoms with Crippen molar-refractivity contribution in [1.82, 2.24) is 0 Å². The summed E-state index contributed by atoms with van der Waals surface area (Å²) < 4.78 is 18.3. The summed E-state index contributed by atoms with van der Waals surface area (Å²) in [7, 11) is 0. The van der Waals surface area contributed by atoms with Gasteiger partial charge in [-0.15, -0.1) is 0 Å². The molecular weight excluding hydrogens is 528 g/mol. The van der Waals surface area contributed by atoms with Crippen LogP contribution in [0.3, 0.4) is 0 Å². The van der Waals surface area contributed by atoms with E-state index in [1.165, 1.54) is 38.2 Å². The average molecular weight is 551 g/mol. The highest BCUT2D eigenvalue weighted by molar-refractivity contribution is 6.26. The van der Waals surface area contributed by atoms with Crippen LogP contribution in [0.2, 0.25) is 0 Å². The van der Waals surface area contributed by atoms with Gasteiger partial charge in [0, 0.05) is 33.0 Å². The van der Waals surface area contributed by atoms with Gasteiger partial charge in [0.25, 0.3) is 0 Å². The fourth-order valence-corrected chi connectivity index (χ4v) is 7.10. The molecule has 10 rings (SSSR count). The Kier molecular flexibility index (Phi) is 4.45. The van der Waals surface area contributed by atoms with Gasteiger partial charge in [0.05, 0.1) is 6.26 Å². The molecule has 0 spiro atoms. The molecule has 0 aliphatic heterocycles. The van der Waals surface area contributed by atoms with Gasteiger partial charge < -0.3 is 13.3 Å². The van der Waals surface area contributed by atoms with Crippen molar-refractivity contribution in [2.75, 3.05) is 0 Å². The van der Waals surface area contributed by atoms with E-state index in [0.717, 1.165) is 60.4 Å². The van der Waals surface area contributed by atoms with Gasteiger partial charge >= 0.3 is 0 Å². The number of rotatable bonds is 2. The molecule has 0 aliphatic carbocycles. The zero-order chi connectivity index (χ0) is 28.1. The molecule has 0 unspecified atom stereocenters. The summed E-state index contributed by atoms with van der Waals surface area (Å²) >= 11 is 0. The molecule has 0 saturated heterocycles. The summed E-state index contributed by atoms with van der Waals surface area (Å²) in [4.78, 5) is 0. The first-order valence-electron chi connectivity index (χ1n) is 14.5. The molecule has 0 saturated carbocycles. The standard InChI is InChI=1S/C40H22O3/c1-3-11-28-26(9-1)38(24-16-17-34-31(21-24)25-8-5-6-14-33(25)42-34)27-10-2-4-12-29(27)39(28)30-13-7-15-35-40(30)32-20-23-18-19-41-36(23)22-37(32)43-35/h1-22H. The SMILES string of the molecule is c1ccc2c(c1)oc1ccc(-c3c4ccccc4c(-c4cccc5oc6cc7occc7cc6c45)c4ccccc34)cc12. The second-order valence-electron chi connectivity index (χ2n) is 11.2. The van der Waals surface area contributed by atoms with Gasteiger partial charge in [-0.25, -0.2) is 0 Å². The first kappa shape index (κ1) is 22.8. The maximum absolute atomic E-state index is 6.41. The second kappa shape index (κ2) is 8.37. The smallest absolute Gasteiger partial charge is 0.139 e. The minimum atomic E-state index is 0.829. The molecule has 7 aromatic carbocycles. The first-order chi connectivity index (χ1) is 21.3. The van der Waals surface area contributed by atoms with Gasteiger partial charge in [-0.05, 0) is 80.2 Å². The van der Waals surface area contributed by atoms with Crippen molar-refractivity contribution in [3.05, 3.63) is 134 Å². The number of benzene rings is 7. The molecule has 200 valence electrons. The molecule has 0 fully saturated rings. The van der Waals surface area contributed by atoms with Gasteiger partial charge in [0.2, 0.25) is 0 Å². The van der Waals surface area contributed by atoms with E-state index in [2.05, 4.69) is 103 Å². The molecule has 0 atom stereocenters. The van der Waals surface area contributed by atoms with Crippen molar-refractivity contribution in [2.45, 2.75) is 0 Å². The summed E-state index contributed by atoms with van der Waals surface area (Å²) in [5.74, 6) is 0. The monoisotopic (exact) mass is 550 g/mol. The minimum Gasteiger partial charge on any atom is -0.464 e. The average Bonchev–Trinajstić information content (AvgIpc) is 3.77. The predicted octanol–water partition coefficient (Wildman–Crippen LogP) is 11.9. The van der Waals surface area contributed by atoms with E-state index in [9.17, 15) is 0 Å². The third kappa shape index (κ3) is 3.14. The molecule has 0 N–H and O–H groups in total. The highest BCUT2D eigenvalue weighted by Gasteiger charge is 2.21. The molecule has 0 aliphatic rings. The maximum atomic E-state index is 6.41. The van der Waals surface area contributed by atoms with Crippen molar-refractivity contribution in [2.24, 2.45) is 0 Å². The molecule has 10 aromatic rings. The molecule has 43 heavy (non-hydrogen) atoms. The molecule has 0 amide bonds. The first-order valence-corrected chi connectivity index (χ1v) is 14.5. The molecule has 3 heterocycles. The van der Waals surface area contributed by atoms with Crippen LogP contribution in [0, 0.1) is 0 Å². The number of hydrogen-bond donors (Lipinski definition) is 0. The van der Waals surface area contributed by atoms with Crippen LogP contribution in [0.4, 0.5) is 0 Å². The summed E-state index contributed by atoms with van der Waals surface area (Å²) in [6, 6.07) is 45.0. The van der Waals surface area contributed by atoms with E-state index in [1.807, 2.05) is 24.3 Å². The second-order valence-corrected chi connectivity index (χ2v) is 11.2. The molecule has 3 nitrogen and oxygen atoms in total. The molecular formula is C40H22O3. The van der Waals surface area contributed by atoms with Crippen molar-refractivity contribution >= 4 is 76.4 Å². The van der Waals surface area contributed by atoms with Crippen molar-refractivity contribution < 1.29 is 13.3 Å². The predicted molar refractivity (Wildman–Crippen MR) is 177 cm³/mol. The van der Waals surface area contributed by atoms with E-state index in [0.29, 0.717) is 0 Å². The van der Waals surface area contributed by atoms with Crippen LogP contribution < -0.4 is 0 Å². The normalized spacial score (nSPS) is 12.2.